The van der Waals surface area contributed by atoms with Gasteiger partial charge in [0.15, 0.2) is 0 Å². The molecule has 0 aliphatic carbocycles. The summed E-state index contributed by atoms with van der Waals surface area (Å²) >= 11 is 0. The summed E-state index contributed by atoms with van der Waals surface area (Å²) in [5.41, 5.74) is 5.28. The Bertz CT molecular complexity index is 894. The lowest BCUT2D eigenvalue weighted by molar-refractivity contribution is -0.121. The van der Waals surface area contributed by atoms with E-state index >= 15 is 0 Å². The second kappa shape index (κ2) is 8.40. The predicted octanol–water partition coefficient (Wildman–Crippen LogP) is 4.91. The lowest BCUT2D eigenvalue weighted by Gasteiger charge is -2.20. The van der Waals surface area contributed by atoms with E-state index in [2.05, 4.69) is 18.2 Å². The molecular weight excluding hydrogens is 360 g/mol. The lowest BCUT2D eigenvalue weighted by Crippen LogP contribution is -2.32. The third kappa shape index (κ3) is 4.07. The second-order valence-corrected chi connectivity index (χ2v) is 8.52. The Morgan fingerprint density at radius 1 is 0.828 bits per heavy atom. The van der Waals surface area contributed by atoms with Crippen LogP contribution in [0.5, 0.6) is 0 Å². The third-order valence-corrected chi connectivity index (χ3v) is 6.09. The standard InChI is InChI=1S/C25H30N2O2/c1-18(2)24(28)27-16-13-22-17-21(11-12-23(22)27)19-7-9-20(10-8-19)25(29)26-14-5-3-4-6-15-26/h7-12,17-18H,3-6,13-16H2,1-2H3. The minimum absolute atomic E-state index is 0.00917. The summed E-state index contributed by atoms with van der Waals surface area (Å²) in [6, 6.07) is 14.3. The van der Waals surface area contributed by atoms with Crippen molar-refractivity contribution in [2.75, 3.05) is 24.5 Å². The van der Waals surface area contributed by atoms with E-state index in [0.717, 1.165) is 61.3 Å². The van der Waals surface area contributed by atoms with Crippen molar-refractivity contribution < 1.29 is 9.59 Å². The first-order valence-corrected chi connectivity index (χ1v) is 10.9. The number of likely N-dealkylation sites (tertiary alicyclic amines) is 1. The minimum Gasteiger partial charge on any atom is -0.339 e. The summed E-state index contributed by atoms with van der Waals surface area (Å²) < 4.78 is 0. The summed E-state index contributed by atoms with van der Waals surface area (Å²) in [5, 5.41) is 0. The van der Waals surface area contributed by atoms with E-state index in [4.69, 9.17) is 0 Å². The van der Waals surface area contributed by atoms with Crippen LogP contribution in [0.1, 0.15) is 55.5 Å². The molecule has 0 aromatic heterocycles. The summed E-state index contributed by atoms with van der Waals surface area (Å²) in [4.78, 5) is 29.1. The molecule has 29 heavy (non-hydrogen) atoms. The van der Waals surface area contributed by atoms with Gasteiger partial charge in [-0.05, 0) is 60.2 Å². The zero-order chi connectivity index (χ0) is 20.4. The monoisotopic (exact) mass is 390 g/mol. The first-order chi connectivity index (χ1) is 14.0. The number of amides is 2. The molecule has 1 saturated heterocycles. The van der Waals surface area contributed by atoms with E-state index in [9.17, 15) is 9.59 Å². The Morgan fingerprint density at radius 2 is 1.48 bits per heavy atom. The van der Waals surface area contributed by atoms with Crippen molar-refractivity contribution >= 4 is 17.5 Å². The number of nitrogens with zero attached hydrogens (tertiary/aromatic N) is 2. The molecule has 0 radical (unpaired) electrons. The van der Waals surface area contributed by atoms with Gasteiger partial charge < -0.3 is 9.80 Å². The predicted molar refractivity (Wildman–Crippen MR) is 117 cm³/mol. The first kappa shape index (κ1) is 19.7. The fraction of sp³-hybridized carbons (Fsp3) is 0.440. The minimum atomic E-state index is 0.00917. The number of anilines is 1. The zero-order valence-electron chi connectivity index (χ0n) is 17.5. The molecule has 0 unspecified atom stereocenters. The highest BCUT2D eigenvalue weighted by Gasteiger charge is 2.26. The molecule has 4 heteroatoms. The van der Waals surface area contributed by atoms with Crippen LogP contribution in [-0.4, -0.2) is 36.3 Å². The molecule has 152 valence electrons. The third-order valence-electron chi connectivity index (χ3n) is 6.09. The first-order valence-electron chi connectivity index (χ1n) is 10.9. The maximum Gasteiger partial charge on any atom is 0.253 e. The molecule has 4 nitrogen and oxygen atoms in total. The normalized spacial score (nSPS) is 16.7. The second-order valence-electron chi connectivity index (χ2n) is 8.52. The van der Waals surface area contributed by atoms with Crippen molar-refractivity contribution in [1.29, 1.82) is 0 Å². The molecule has 2 heterocycles. The molecule has 0 spiro atoms. The summed E-state index contributed by atoms with van der Waals surface area (Å²) in [7, 11) is 0. The van der Waals surface area contributed by atoms with Gasteiger partial charge in [0.2, 0.25) is 5.91 Å². The van der Waals surface area contributed by atoms with E-state index in [1.807, 2.05) is 47.9 Å². The molecule has 0 bridgehead atoms. The molecule has 2 amide bonds. The molecule has 2 aromatic rings. The van der Waals surface area contributed by atoms with Gasteiger partial charge >= 0.3 is 0 Å². The van der Waals surface area contributed by atoms with Gasteiger partial charge in [0.05, 0.1) is 0 Å². The maximum atomic E-state index is 12.8. The average molecular weight is 391 g/mol. The number of hydrogen-bond acceptors (Lipinski definition) is 2. The van der Waals surface area contributed by atoms with Crippen molar-refractivity contribution in [3.8, 4) is 11.1 Å². The van der Waals surface area contributed by atoms with Crippen LogP contribution >= 0.6 is 0 Å². The van der Waals surface area contributed by atoms with Crippen LogP contribution in [0.25, 0.3) is 11.1 Å². The Kier molecular flexibility index (Phi) is 5.70. The van der Waals surface area contributed by atoms with Crippen molar-refractivity contribution in [2.24, 2.45) is 5.92 Å². The van der Waals surface area contributed by atoms with Gasteiger partial charge in [-0.2, -0.15) is 0 Å². The molecule has 2 aliphatic rings. The van der Waals surface area contributed by atoms with E-state index in [0.29, 0.717) is 0 Å². The number of benzene rings is 2. The molecule has 0 N–H and O–H groups in total. The number of carbonyl (C=O) groups is 2. The van der Waals surface area contributed by atoms with Gasteiger partial charge in [-0.3, -0.25) is 9.59 Å². The van der Waals surface area contributed by atoms with E-state index in [1.54, 1.807) is 0 Å². The quantitative estimate of drug-likeness (QED) is 0.747. The van der Waals surface area contributed by atoms with E-state index in [1.165, 1.54) is 18.4 Å². The molecule has 2 aliphatic heterocycles. The fourth-order valence-corrected chi connectivity index (χ4v) is 4.38. The zero-order valence-corrected chi connectivity index (χ0v) is 17.5. The van der Waals surface area contributed by atoms with Crippen LogP contribution in [0.2, 0.25) is 0 Å². The number of carbonyl (C=O) groups excluding carboxylic acids is 2. The number of rotatable bonds is 3. The average Bonchev–Trinajstić information content (AvgIpc) is 2.97. The highest BCUT2D eigenvalue weighted by molar-refractivity contribution is 5.97. The summed E-state index contributed by atoms with van der Waals surface area (Å²) in [5.74, 6) is 0.345. The van der Waals surface area contributed by atoms with Crippen LogP contribution in [-0.2, 0) is 11.2 Å². The van der Waals surface area contributed by atoms with Crippen molar-refractivity contribution in [1.82, 2.24) is 4.90 Å². The van der Waals surface area contributed by atoms with Crippen molar-refractivity contribution in [3.05, 3.63) is 53.6 Å². The molecule has 1 fully saturated rings. The fourth-order valence-electron chi connectivity index (χ4n) is 4.38. The number of hydrogen-bond donors (Lipinski definition) is 0. The Labute approximate surface area is 173 Å². The van der Waals surface area contributed by atoms with Crippen molar-refractivity contribution in [3.63, 3.8) is 0 Å². The van der Waals surface area contributed by atoms with Gasteiger partial charge in [-0.1, -0.05) is 44.9 Å². The van der Waals surface area contributed by atoms with Gasteiger partial charge in [0, 0.05) is 36.8 Å². The molecular formula is C25H30N2O2. The molecule has 2 aromatic carbocycles. The van der Waals surface area contributed by atoms with Crippen LogP contribution in [0.4, 0.5) is 5.69 Å². The van der Waals surface area contributed by atoms with Crippen LogP contribution < -0.4 is 4.90 Å². The van der Waals surface area contributed by atoms with Crippen molar-refractivity contribution in [2.45, 2.75) is 46.0 Å². The van der Waals surface area contributed by atoms with Gasteiger partial charge in [0.1, 0.15) is 0 Å². The molecule has 4 rings (SSSR count). The van der Waals surface area contributed by atoms with Crippen LogP contribution in [0.3, 0.4) is 0 Å². The van der Waals surface area contributed by atoms with Gasteiger partial charge in [-0.25, -0.2) is 0 Å². The van der Waals surface area contributed by atoms with Crippen LogP contribution in [0, 0.1) is 5.92 Å². The van der Waals surface area contributed by atoms with Gasteiger partial charge in [-0.15, -0.1) is 0 Å². The summed E-state index contributed by atoms with van der Waals surface area (Å²) in [6.07, 6.45) is 5.56. The van der Waals surface area contributed by atoms with E-state index in [-0.39, 0.29) is 17.7 Å². The highest BCUT2D eigenvalue weighted by atomic mass is 16.2. The van der Waals surface area contributed by atoms with Crippen LogP contribution in [0.15, 0.2) is 42.5 Å². The van der Waals surface area contributed by atoms with E-state index < -0.39 is 0 Å². The Hall–Kier alpha value is -2.62. The topological polar surface area (TPSA) is 40.6 Å². The molecule has 0 atom stereocenters. The SMILES string of the molecule is CC(C)C(=O)N1CCc2cc(-c3ccc(C(=O)N4CCCCCC4)cc3)ccc21. The lowest BCUT2D eigenvalue weighted by atomic mass is 10.00. The molecule has 0 saturated carbocycles. The van der Waals surface area contributed by atoms with Gasteiger partial charge in [0.25, 0.3) is 5.91 Å². The maximum absolute atomic E-state index is 12.8. The highest BCUT2D eigenvalue weighted by Crippen LogP contribution is 2.33. The largest absolute Gasteiger partial charge is 0.339 e. The summed E-state index contributed by atoms with van der Waals surface area (Å²) in [6.45, 7) is 6.40. The Balaban J connectivity index is 1.51. The Morgan fingerprint density at radius 3 is 2.14 bits per heavy atom. The smallest absolute Gasteiger partial charge is 0.253 e. The number of fused-ring (bicyclic) bond motifs is 1.